The Morgan fingerprint density at radius 3 is 2.55 bits per heavy atom. The molecule has 0 aromatic heterocycles. The molecule has 0 saturated heterocycles. The third kappa shape index (κ3) is 9.43. The Balaban J connectivity index is 5.37. The SMILES string of the molecule is [2H]C([2H])(NC(C)(C)C)C([2H])([2H])C([2H])([2H])C(=O)O. The predicted octanol–water partition coefficient (Wildman–Crippen LogP) is 1.24. The van der Waals surface area contributed by atoms with Gasteiger partial charge in [0.2, 0.25) is 0 Å². The van der Waals surface area contributed by atoms with Crippen molar-refractivity contribution in [2.75, 3.05) is 6.50 Å². The molecule has 0 aliphatic rings. The summed E-state index contributed by atoms with van der Waals surface area (Å²) in [6.07, 6.45) is -6.56. The van der Waals surface area contributed by atoms with Gasteiger partial charge in [0.25, 0.3) is 0 Å². The Morgan fingerprint density at radius 2 is 2.18 bits per heavy atom. The number of carboxylic acid groups (broad SMARTS) is 1. The average molecular weight is 165 g/mol. The van der Waals surface area contributed by atoms with Crippen LogP contribution in [0.2, 0.25) is 0 Å². The minimum atomic E-state index is -3.34. The van der Waals surface area contributed by atoms with Crippen molar-refractivity contribution >= 4 is 5.97 Å². The summed E-state index contributed by atoms with van der Waals surface area (Å²) in [5, 5.41) is 10.9. The van der Waals surface area contributed by atoms with Crippen molar-refractivity contribution in [3.8, 4) is 0 Å². The summed E-state index contributed by atoms with van der Waals surface area (Å²) in [5.41, 5.74) is -0.828. The van der Waals surface area contributed by atoms with E-state index < -0.39 is 30.8 Å². The van der Waals surface area contributed by atoms with Gasteiger partial charge in [0.05, 0.1) is 0 Å². The summed E-state index contributed by atoms with van der Waals surface area (Å²) < 4.78 is 44.2. The molecule has 3 heteroatoms. The van der Waals surface area contributed by atoms with E-state index in [1.54, 1.807) is 20.8 Å². The maximum absolute atomic E-state index is 10.7. The Kier molecular flexibility index (Phi) is 1.54. The smallest absolute Gasteiger partial charge is 0.303 e. The van der Waals surface area contributed by atoms with Gasteiger partial charge in [-0.25, -0.2) is 0 Å². The molecule has 2 N–H and O–H groups in total. The zero-order valence-corrected chi connectivity index (χ0v) is 6.86. The van der Waals surface area contributed by atoms with Gasteiger partial charge >= 0.3 is 5.97 Å². The van der Waals surface area contributed by atoms with Crippen molar-refractivity contribution in [2.45, 2.75) is 39.1 Å². The van der Waals surface area contributed by atoms with Crippen LogP contribution in [0.15, 0.2) is 0 Å². The molecule has 0 aliphatic heterocycles. The zero-order chi connectivity index (χ0) is 14.3. The second-order valence-electron chi connectivity index (χ2n) is 3.06. The molecule has 0 rings (SSSR count). The Bertz CT molecular complexity index is 310. The van der Waals surface area contributed by atoms with Crippen LogP contribution in [0, 0.1) is 0 Å². The van der Waals surface area contributed by atoms with E-state index in [1.807, 2.05) is 0 Å². The third-order valence-electron chi connectivity index (χ3n) is 0.669. The van der Waals surface area contributed by atoms with Crippen LogP contribution in [0.3, 0.4) is 0 Å². The average Bonchev–Trinajstić information content (AvgIpc) is 1.98. The van der Waals surface area contributed by atoms with Crippen molar-refractivity contribution in [2.24, 2.45) is 0 Å². The minimum absolute atomic E-state index is 0.828. The lowest BCUT2D eigenvalue weighted by atomic mass is 10.1. The van der Waals surface area contributed by atoms with Gasteiger partial charge in [-0.2, -0.15) is 0 Å². The first-order chi connectivity index (χ1) is 7.15. The highest BCUT2D eigenvalue weighted by Gasteiger charge is 2.07. The molecular weight excluding hydrogens is 142 g/mol. The molecule has 0 radical (unpaired) electrons. The third-order valence-corrected chi connectivity index (χ3v) is 0.669. The summed E-state index contributed by atoms with van der Waals surface area (Å²) in [6, 6.07) is 0. The Hall–Kier alpha value is -0.570. The molecule has 11 heavy (non-hydrogen) atoms. The van der Waals surface area contributed by atoms with Crippen molar-refractivity contribution < 1.29 is 18.1 Å². The standard InChI is InChI=1S/C8H17NO2/c1-8(2,3)9-6-4-5-7(10)11/h9H,4-6H2,1-3H3,(H,10,11)/i4D2,5D2,6D2. The number of carbonyl (C=O) groups is 1. The monoisotopic (exact) mass is 165 g/mol. The topological polar surface area (TPSA) is 49.3 Å². The first-order valence-electron chi connectivity index (χ1n) is 6.18. The fourth-order valence-corrected chi connectivity index (χ4v) is 0.303. The lowest BCUT2D eigenvalue weighted by Gasteiger charge is -2.19. The van der Waals surface area contributed by atoms with Gasteiger partial charge in [-0.1, -0.05) is 0 Å². The Labute approximate surface area is 76.2 Å². The number of rotatable bonds is 4. The summed E-state index contributed by atoms with van der Waals surface area (Å²) in [5.74, 6) is -2.04. The van der Waals surface area contributed by atoms with Crippen LogP contribution in [0.25, 0.3) is 0 Å². The fourth-order valence-electron chi connectivity index (χ4n) is 0.303. The summed E-state index contributed by atoms with van der Waals surface area (Å²) in [6.45, 7) is 1.87. The molecule has 0 bridgehead atoms. The lowest BCUT2D eigenvalue weighted by Crippen LogP contribution is -2.36. The molecular formula is C8H17NO2. The molecule has 0 aliphatic carbocycles. The van der Waals surface area contributed by atoms with E-state index in [2.05, 4.69) is 5.32 Å². The maximum Gasteiger partial charge on any atom is 0.303 e. The summed E-state index contributed by atoms with van der Waals surface area (Å²) >= 11 is 0. The lowest BCUT2D eigenvalue weighted by molar-refractivity contribution is -0.137. The van der Waals surface area contributed by atoms with Crippen LogP contribution in [0.4, 0.5) is 0 Å². The number of aliphatic carboxylic acids is 1. The van der Waals surface area contributed by atoms with E-state index in [-0.39, 0.29) is 0 Å². The molecule has 0 fully saturated rings. The largest absolute Gasteiger partial charge is 0.481 e. The highest BCUT2D eigenvalue weighted by atomic mass is 16.4. The van der Waals surface area contributed by atoms with Crippen LogP contribution >= 0.6 is 0 Å². The van der Waals surface area contributed by atoms with Crippen molar-refractivity contribution in [3.63, 3.8) is 0 Å². The number of hydrogen-bond acceptors (Lipinski definition) is 2. The van der Waals surface area contributed by atoms with Crippen molar-refractivity contribution in [1.82, 2.24) is 5.32 Å². The van der Waals surface area contributed by atoms with Crippen molar-refractivity contribution in [1.29, 1.82) is 0 Å². The highest BCUT2D eigenvalue weighted by Crippen LogP contribution is 1.98. The van der Waals surface area contributed by atoms with E-state index in [1.165, 1.54) is 0 Å². The van der Waals surface area contributed by atoms with E-state index >= 15 is 0 Å². The van der Waals surface area contributed by atoms with Crippen LogP contribution in [-0.4, -0.2) is 23.1 Å². The van der Waals surface area contributed by atoms with E-state index in [9.17, 15) is 4.79 Å². The number of nitrogens with one attached hydrogen (secondary N) is 1. The van der Waals surface area contributed by atoms with E-state index in [0.29, 0.717) is 0 Å². The second kappa shape index (κ2) is 4.34. The normalized spacial score (nSPS) is 23.5. The van der Waals surface area contributed by atoms with Gasteiger partial charge < -0.3 is 10.4 Å². The molecule has 0 spiro atoms. The van der Waals surface area contributed by atoms with Gasteiger partial charge in [0.15, 0.2) is 0 Å². The molecule has 0 atom stereocenters. The van der Waals surface area contributed by atoms with Gasteiger partial charge in [-0.3, -0.25) is 4.79 Å². The molecule has 0 aromatic rings. The molecule has 3 nitrogen and oxygen atoms in total. The molecule has 0 unspecified atom stereocenters. The summed E-state index contributed by atoms with van der Waals surface area (Å²) in [4.78, 5) is 10.7. The van der Waals surface area contributed by atoms with Crippen LogP contribution in [0.5, 0.6) is 0 Å². The van der Waals surface area contributed by atoms with Gasteiger partial charge in [0.1, 0.15) is 0 Å². The quantitative estimate of drug-likeness (QED) is 0.659. The van der Waals surface area contributed by atoms with Crippen molar-refractivity contribution in [3.05, 3.63) is 0 Å². The highest BCUT2D eigenvalue weighted by molar-refractivity contribution is 5.66. The molecule has 0 aromatic carbocycles. The first kappa shape index (κ1) is 3.90. The second-order valence-corrected chi connectivity index (χ2v) is 3.06. The van der Waals surface area contributed by atoms with E-state index in [0.717, 1.165) is 0 Å². The van der Waals surface area contributed by atoms with Gasteiger partial charge in [0, 0.05) is 20.1 Å². The maximum atomic E-state index is 10.7. The predicted molar refractivity (Wildman–Crippen MR) is 44.6 cm³/mol. The Morgan fingerprint density at radius 1 is 1.64 bits per heavy atom. The number of hydrogen-bond donors (Lipinski definition) is 2. The minimum Gasteiger partial charge on any atom is -0.481 e. The first-order valence-corrected chi connectivity index (χ1v) is 3.18. The fraction of sp³-hybridized carbons (Fsp3) is 0.875. The molecule has 0 amide bonds. The van der Waals surface area contributed by atoms with E-state index in [4.69, 9.17) is 13.3 Å². The summed E-state index contributed by atoms with van der Waals surface area (Å²) in [7, 11) is 0. The molecule has 0 saturated carbocycles. The van der Waals surface area contributed by atoms with Gasteiger partial charge in [-0.15, -0.1) is 0 Å². The zero-order valence-electron chi connectivity index (χ0n) is 12.9. The van der Waals surface area contributed by atoms with Crippen LogP contribution < -0.4 is 5.32 Å². The van der Waals surface area contributed by atoms with Crippen LogP contribution in [-0.2, 0) is 4.79 Å². The molecule has 0 heterocycles. The number of carboxylic acids is 1. The molecule has 66 valence electrons. The van der Waals surface area contributed by atoms with Gasteiger partial charge in [-0.05, 0) is 33.6 Å². The van der Waals surface area contributed by atoms with Crippen LogP contribution in [0.1, 0.15) is 41.7 Å².